The fraction of sp³-hybridized carbons (Fsp3) is 0. The predicted octanol–water partition coefficient (Wildman–Crippen LogP) is 3.57. The van der Waals surface area contributed by atoms with E-state index in [1.165, 1.54) is 23.6 Å². The molecule has 0 amide bonds. The van der Waals surface area contributed by atoms with Crippen molar-refractivity contribution < 1.29 is 9.90 Å². The second kappa shape index (κ2) is 4.59. The molecule has 0 aliphatic heterocycles. The SMILES string of the molecule is O=C(O)c1cc(Cl)c2nnc(-c3sccc3Br)n2c1. The molecule has 3 rings (SSSR count). The molecular weight excluding hydrogens is 354 g/mol. The first-order valence-corrected chi connectivity index (χ1v) is 7.14. The number of aromatic nitrogens is 3. The second-order valence-electron chi connectivity index (χ2n) is 3.70. The van der Waals surface area contributed by atoms with E-state index < -0.39 is 5.97 Å². The van der Waals surface area contributed by atoms with Crippen LogP contribution in [0.25, 0.3) is 16.3 Å². The molecule has 0 aliphatic carbocycles. The summed E-state index contributed by atoms with van der Waals surface area (Å²) in [6.45, 7) is 0. The molecule has 19 heavy (non-hydrogen) atoms. The molecular formula is C11H5BrClN3O2S. The van der Waals surface area contributed by atoms with Gasteiger partial charge >= 0.3 is 5.97 Å². The number of pyridine rings is 1. The van der Waals surface area contributed by atoms with Crippen molar-refractivity contribution in [1.82, 2.24) is 14.6 Å². The van der Waals surface area contributed by atoms with Gasteiger partial charge in [-0.15, -0.1) is 21.5 Å². The first kappa shape index (κ1) is 12.6. The molecule has 0 bridgehead atoms. The van der Waals surface area contributed by atoms with Crippen LogP contribution in [0.2, 0.25) is 5.02 Å². The van der Waals surface area contributed by atoms with Crippen LogP contribution in [0.1, 0.15) is 10.4 Å². The van der Waals surface area contributed by atoms with E-state index in [-0.39, 0.29) is 10.6 Å². The van der Waals surface area contributed by atoms with Gasteiger partial charge in [0.15, 0.2) is 11.5 Å². The van der Waals surface area contributed by atoms with Crippen LogP contribution in [0.15, 0.2) is 28.2 Å². The van der Waals surface area contributed by atoms with Crippen molar-refractivity contribution in [2.45, 2.75) is 0 Å². The summed E-state index contributed by atoms with van der Waals surface area (Å²) in [6, 6.07) is 3.25. The Morgan fingerprint density at radius 1 is 1.47 bits per heavy atom. The first-order valence-electron chi connectivity index (χ1n) is 5.09. The van der Waals surface area contributed by atoms with E-state index in [9.17, 15) is 4.79 Å². The van der Waals surface area contributed by atoms with Crippen LogP contribution in [-0.4, -0.2) is 25.7 Å². The summed E-state index contributed by atoms with van der Waals surface area (Å²) in [5.41, 5.74) is 0.521. The minimum atomic E-state index is -1.05. The molecule has 0 saturated heterocycles. The molecule has 96 valence electrons. The largest absolute Gasteiger partial charge is 0.478 e. The fourth-order valence-corrected chi connectivity index (χ4v) is 3.46. The summed E-state index contributed by atoms with van der Waals surface area (Å²) in [5, 5.41) is 19.3. The number of rotatable bonds is 2. The number of carboxylic acids is 1. The first-order chi connectivity index (χ1) is 9.08. The van der Waals surface area contributed by atoms with E-state index in [1.54, 1.807) is 4.40 Å². The maximum Gasteiger partial charge on any atom is 0.337 e. The molecule has 0 saturated carbocycles. The zero-order chi connectivity index (χ0) is 13.6. The van der Waals surface area contributed by atoms with E-state index >= 15 is 0 Å². The highest BCUT2D eigenvalue weighted by atomic mass is 79.9. The Hall–Kier alpha value is -1.44. The summed E-state index contributed by atoms with van der Waals surface area (Å²) in [4.78, 5) is 11.9. The Labute approximate surface area is 124 Å². The highest BCUT2D eigenvalue weighted by Crippen LogP contribution is 2.33. The molecule has 8 heteroatoms. The number of halogens is 2. The Morgan fingerprint density at radius 2 is 2.26 bits per heavy atom. The van der Waals surface area contributed by atoms with Gasteiger partial charge in [0.2, 0.25) is 0 Å². The topological polar surface area (TPSA) is 67.5 Å². The van der Waals surface area contributed by atoms with Gasteiger partial charge in [-0.2, -0.15) is 0 Å². The maximum absolute atomic E-state index is 11.1. The third-order valence-corrected chi connectivity index (χ3v) is 4.64. The summed E-state index contributed by atoms with van der Waals surface area (Å²) < 4.78 is 2.46. The molecule has 1 N–H and O–H groups in total. The fourth-order valence-electron chi connectivity index (χ4n) is 1.68. The van der Waals surface area contributed by atoms with Crippen molar-refractivity contribution in [2.24, 2.45) is 0 Å². The minimum absolute atomic E-state index is 0.0891. The van der Waals surface area contributed by atoms with Crippen LogP contribution >= 0.6 is 38.9 Å². The minimum Gasteiger partial charge on any atom is -0.478 e. The number of carboxylic acid groups (broad SMARTS) is 1. The Kier molecular flexibility index (Phi) is 3.04. The number of hydrogen-bond donors (Lipinski definition) is 1. The lowest BCUT2D eigenvalue weighted by Crippen LogP contribution is -2.00. The number of carbonyl (C=O) groups is 1. The average Bonchev–Trinajstić information content (AvgIpc) is 2.94. The lowest BCUT2D eigenvalue weighted by molar-refractivity contribution is 0.0696. The second-order valence-corrected chi connectivity index (χ2v) is 5.87. The molecule has 0 spiro atoms. The van der Waals surface area contributed by atoms with Crippen LogP contribution in [0.3, 0.4) is 0 Å². The zero-order valence-corrected chi connectivity index (χ0v) is 12.3. The van der Waals surface area contributed by atoms with Gasteiger partial charge in [0.25, 0.3) is 0 Å². The molecule has 0 unspecified atom stereocenters. The van der Waals surface area contributed by atoms with Crippen molar-refractivity contribution in [1.29, 1.82) is 0 Å². The lowest BCUT2D eigenvalue weighted by Gasteiger charge is -2.02. The summed E-state index contributed by atoms with van der Waals surface area (Å²) in [5.74, 6) is -0.490. The van der Waals surface area contributed by atoms with Crippen molar-refractivity contribution in [3.05, 3.63) is 38.8 Å². The highest BCUT2D eigenvalue weighted by Gasteiger charge is 2.16. The maximum atomic E-state index is 11.1. The molecule has 3 heterocycles. The van der Waals surface area contributed by atoms with Gasteiger partial charge < -0.3 is 5.11 Å². The smallest absolute Gasteiger partial charge is 0.337 e. The Balaban J connectivity index is 2.33. The van der Waals surface area contributed by atoms with E-state index in [0.717, 1.165) is 9.35 Å². The predicted molar refractivity (Wildman–Crippen MR) is 76.0 cm³/mol. The van der Waals surface area contributed by atoms with Gasteiger partial charge in [-0.1, -0.05) is 11.6 Å². The highest BCUT2D eigenvalue weighted by molar-refractivity contribution is 9.10. The number of thiophene rings is 1. The number of aromatic carboxylic acids is 1. The summed E-state index contributed by atoms with van der Waals surface area (Å²) in [7, 11) is 0. The van der Waals surface area contributed by atoms with Crippen LogP contribution < -0.4 is 0 Å². The number of hydrogen-bond acceptors (Lipinski definition) is 4. The molecule has 0 aliphatic rings. The van der Waals surface area contributed by atoms with Crippen LogP contribution in [-0.2, 0) is 0 Å². The van der Waals surface area contributed by atoms with Crippen molar-refractivity contribution in [2.75, 3.05) is 0 Å². The van der Waals surface area contributed by atoms with E-state index in [0.29, 0.717) is 11.5 Å². The van der Waals surface area contributed by atoms with Crippen LogP contribution in [0, 0.1) is 0 Å². The molecule has 0 fully saturated rings. The average molecular weight is 359 g/mol. The van der Waals surface area contributed by atoms with Crippen LogP contribution in [0.4, 0.5) is 0 Å². The summed E-state index contributed by atoms with van der Waals surface area (Å²) in [6.07, 6.45) is 1.46. The molecule has 0 aromatic carbocycles. The molecule has 5 nitrogen and oxygen atoms in total. The van der Waals surface area contributed by atoms with E-state index in [2.05, 4.69) is 26.1 Å². The quantitative estimate of drug-likeness (QED) is 0.760. The lowest BCUT2D eigenvalue weighted by atomic mass is 10.3. The van der Waals surface area contributed by atoms with Gasteiger partial charge in [0.05, 0.1) is 15.5 Å². The Bertz CT molecular complexity index is 798. The van der Waals surface area contributed by atoms with Crippen LogP contribution in [0.5, 0.6) is 0 Å². The van der Waals surface area contributed by atoms with Crippen molar-refractivity contribution in [3.8, 4) is 10.7 Å². The van der Waals surface area contributed by atoms with Gasteiger partial charge in [0, 0.05) is 10.7 Å². The third-order valence-electron chi connectivity index (χ3n) is 2.53. The van der Waals surface area contributed by atoms with Gasteiger partial charge in [-0.3, -0.25) is 4.40 Å². The number of nitrogens with zero attached hydrogens (tertiary/aromatic N) is 3. The standard InChI is InChI=1S/C11H5BrClN3O2S/c12-6-1-2-19-8(6)10-15-14-9-7(13)3-5(11(17)18)4-16(9)10/h1-4H,(H,17,18). The van der Waals surface area contributed by atoms with Crippen molar-refractivity contribution >= 4 is 50.5 Å². The molecule has 3 aromatic rings. The zero-order valence-electron chi connectivity index (χ0n) is 9.17. The van der Waals surface area contributed by atoms with E-state index in [1.807, 2.05) is 11.4 Å². The normalized spacial score (nSPS) is 11.1. The number of fused-ring (bicyclic) bond motifs is 1. The van der Waals surface area contributed by atoms with Crippen molar-refractivity contribution in [3.63, 3.8) is 0 Å². The molecule has 0 radical (unpaired) electrons. The van der Waals surface area contributed by atoms with Gasteiger partial charge in [-0.05, 0) is 33.4 Å². The third kappa shape index (κ3) is 2.03. The van der Waals surface area contributed by atoms with Gasteiger partial charge in [0.1, 0.15) is 0 Å². The molecule has 3 aromatic heterocycles. The summed E-state index contributed by atoms with van der Waals surface area (Å²) >= 11 is 10.9. The van der Waals surface area contributed by atoms with E-state index in [4.69, 9.17) is 16.7 Å². The Morgan fingerprint density at radius 3 is 2.89 bits per heavy atom. The van der Waals surface area contributed by atoms with Gasteiger partial charge in [-0.25, -0.2) is 4.79 Å². The monoisotopic (exact) mass is 357 g/mol. The molecule has 0 atom stereocenters.